The van der Waals surface area contributed by atoms with E-state index in [-0.39, 0.29) is 5.91 Å². The van der Waals surface area contributed by atoms with Crippen LogP contribution in [0, 0.1) is 5.41 Å². The van der Waals surface area contributed by atoms with Crippen LogP contribution in [0.2, 0.25) is 0 Å². The van der Waals surface area contributed by atoms with Crippen LogP contribution in [-0.4, -0.2) is 55.1 Å². The number of nitrogens with zero attached hydrogens (tertiary/aromatic N) is 3. The molecule has 1 aliphatic heterocycles. The van der Waals surface area contributed by atoms with Crippen LogP contribution >= 0.6 is 15.9 Å². The fraction of sp³-hybridized carbons (Fsp3) is 0.714. The highest BCUT2D eigenvalue weighted by Gasteiger charge is 2.23. The summed E-state index contributed by atoms with van der Waals surface area (Å²) in [4.78, 5) is 16.4. The number of amides is 1. The molecule has 114 valence electrons. The van der Waals surface area contributed by atoms with E-state index in [1.165, 1.54) is 0 Å². The van der Waals surface area contributed by atoms with Crippen LogP contribution in [0.5, 0.6) is 0 Å². The van der Waals surface area contributed by atoms with Crippen LogP contribution in [0.3, 0.4) is 0 Å². The SMILES string of the molecule is C=NNC(=O)/C(Br)=C(\C)N1CCN(CC(C)(C)C)CC1. The average molecular weight is 345 g/mol. The van der Waals surface area contributed by atoms with E-state index in [1.54, 1.807) is 0 Å². The summed E-state index contributed by atoms with van der Waals surface area (Å²) in [7, 11) is 0. The molecule has 0 spiro atoms. The predicted molar refractivity (Wildman–Crippen MR) is 86.8 cm³/mol. The van der Waals surface area contributed by atoms with Crippen LogP contribution < -0.4 is 5.43 Å². The molecule has 20 heavy (non-hydrogen) atoms. The van der Waals surface area contributed by atoms with Gasteiger partial charge in [0.15, 0.2) is 0 Å². The quantitative estimate of drug-likeness (QED) is 0.482. The van der Waals surface area contributed by atoms with Crippen LogP contribution in [0.25, 0.3) is 0 Å². The summed E-state index contributed by atoms with van der Waals surface area (Å²) in [6, 6.07) is 0. The second kappa shape index (κ2) is 7.22. The smallest absolute Gasteiger partial charge is 0.280 e. The average Bonchev–Trinajstić information content (AvgIpc) is 2.36. The third-order valence-corrected chi connectivity index (χ3v) is 4.18. The number of piperazine rings is 1. The lowest BCUT2D eigenvalue weighted by Crippen LogP contribution is -2.48. The van der Waals surface area contributed by atoms with Crippen molar-refractivity contribution in [3.8, 4) is 0 Å². The van der Waals surface area contributed by atoms with E-state index < -0.39 is 0 Å². The lowest BCUT2D eigenvalue weighted by molar-refractivity contribution is -0.116. The number of allylic oxidation sites excluding steroid dienone is 1. The van der Waals surface area contributed by atoms with Gasteiger partial charge in [0.1, 0.15) is 4.48 Å². The number of carbonyl (C=O) groups excluding carboxylic acids is 1. The van der Waals surface area contributed by atoms with Gasteiger partial charge < -0.3 is 4.90 Å². The van der Waals surface area contributed by atoms with E-state index in [1.807, 2.05) is 6.92 Å². The number of hydrogen-bond acceptors (Lipinski definition) is 4. The van der Waals surface area contributed by atoms with Crippen molar-refractivity contribution in [3.63, 3.8) is 0 Å². The van der Waals surface area contributed by atoms with Gasteiger partial charge in [0.2, 0.25) is 0 Å². The molecule has 0 atom stereocenters. The molecule has 0 aliphatic carbocycles. The molecule has 0 aromatic rings. The van der Waals surface area contributed by atoms with E-state index in [4.69, 9.17) is 0 Å². The summed E-state index contributed by atoms with van der Waals surface area (Å²) in [6.07, 6.45) is 0. The highest BCUT2D eigenvalue weighted by molar-refractivity contribution is 9.12. The van der Waals surface area contributed by atoms with Crippen molar-refractivity contribution in [2.45, 2.75) is 27.7 Å². The zero-order valence-corrected chi connectivity index (χ0v) is 14.5. The van der Waals surface area contributed by atoms with Gasteiger partial charge in [-0.15, -0.1) is 0 Å². The molecular formula is C14H25BrN4O. The van der Waals surface area contributed by atoms with Crippen molar-refractivity contribution in [1.29, 1.82) is 0 Å². The van der Waals surface area contributed by atoms with Gasteiger partial charge in [-0.2, -0.15) is 5.10 Å². The minimum atomic E-state index is -0.255. The third kappa shape index (κ3) is 5.25. The van der Waals surface area contributed by atoms with Crippen molar-refractivity contribution < 1.29 is 4.79 Å². The number of carbonyl (C=O) groups is 1. The zero-order valence-electron chi connectivity index (χ0n) is 12.9. The monoisotopic (exact) mass is 344 g/mol. The predicted octanol–water partition coefficient (Wildman–Crippen LogP) is 2.01. The van der Waals surface area contributed by atoms with Gasteiger partial charge in [-0.25, -0.2) is 5.43 Å². The third-order valence-electron chi connectivity index (χ3n) is 3.24. The van der Waals surface area contributed by atoms with Crippen molar-refractivity contribution >= 4 is 28.6 Å². The highest BCUT2D eigenvalue weighted by atomic mass is 79.9. The Bertz CT molecular complexity index is 392. The Balaban J connectivity index is 2.58. The second-order valence-electron chi connectivity index (χ2n) is 6.32. The number of nitrogens with one attached hydrogen (secondary N) is 1. The minimum absolute atomic E-state index is 0.255. The molecule has 0 aromatic carbocycles. The molecule has 1 fully saturated rings. The van der Waals surface area contributed by atoms with Gasteiger partial charge in [0.25, 0.3) is 5.91 Å². The number of halogens is 1. The van der Waals surface area contributed by atoms with Crippen molar-refractivity contribution in [1.82, 2.24) is 15.2 Å². The van der Waals surface area contributed by atoms with Gasteiger partial charge in [0, 0.05) is 45.1 Å². The van der Waals surface area contributed by atoms with Crippen molar-refractivity contribution in [3.05, 3.63) is 10.2 Å². The Kier molecular flexibility index (Phi) is 6.20. The molecule has 0 unspecified atom stereocenters. The zero-order chi connectivity index (χ0) is 15.3. The lowest BCUT2D eigenvalue weighted by Gasteiger charge is -2.39. The maximum absolute atomic E-state index is 11.7. The molecule has 1 amide bonds. The van der Waals surface area contributed by atoms with Crippen LogP contribution in [-0.2, 0) is 4.79 Å². The molecule has 0 bridgehead atoms. The molecular weight excluding hydrogens is 320 g/mol. The van der Waals surface area contributed by atoms with Crippen molar-refractivity contribution in [2.75, 3.05) is 32.7 Å². The Hall–Kier alpha value is -0.880. The molecule has 1 aliphatic rings. The Labute approximate surface area is 130 Å². The normalized spacial score (nSPS) is 18.6. The first-order valence-corrected chi connectivity index (χ1v) is 7.63. The first-order valence-electron chi connectivity index (χ1n) is 6.84. The lowest BCUT2D eigenvalue weighted by atomic mass is 9.96. The summed E-state index contributed by atoms with van der Waals surface area (Å²) in [6.45, 7) is 17.0. The van der Waals surface area contributed by atoms with Gasteiger partial charge >= 0.3 is 0 Å². The summed E-state index contributed by atoms with van der Waals surface area (Å²) >= 11 is 3.33. The van der Waals surface area contributed by atoms with Gasteiger partial charge in [-0.05, 0) is 28.3 Å². The molecule has 0 radical (unpaired) electrons. The Morgan fingerprint density at radius 2 is 1.85 bits per heavy atom. The number of hydrogen-bond donors (Lipinski definition) is 1. The summed E-state index contributed by atoms with van der Waals surface area (Å²) in [5.41, 5.74) is 3.61. The largest absolute Gasteiger partial charge is 0.371 e. The van der Waals surface area contributed by atoms with E-state index in [0.29, 0.717) is 9.90 Å². The Morgan fingerprint density at radius 3 is 2.30 bits per heavy atom. The Morgan fingerprint density at radius 1 is 1.30 bits per heavy atom. The summed E-state index contributed by atoms with van der Waals surface area (Å²) < 4.78 is 0.522. The highest BCUT2D eigenvalue weighted by Crippen LogP contribution is 2.20. The number of hydrazone groups is 1. The molecule has 1 rings (SSSR count). The molecule has 5 nitrogen and oxygen atoms in total. The summed E-state index contributed by atoms with van der Waals surface area (Å²) in [5.74, 6) is -0.255. The van der Waals surface area contributed by atoms with Gasteiger partial charge in [-0.3, -0.25) is 9.69 Å². The molecule has 0 aromatic heterocycles. The standard InChI is InChI=1S/C14H25BrN4O/c1-11(12(15)13(20)17-16-5)19-8-6-18(7-9-19)10-14(2,3)4/h5-10H2,1-4H3,(H,17,20)/b12-11-. The fourth-order valence-electron chi connectivity index (χ4n) is 2.34. The minimum Gasteiger partial charge on any atom is -0.371 e. The second-order valence-corrected chi connectivity index (χ2v) is 7.12. The molecule has 1 heterocycles. The molecule has 1 N–H and O–H groups in total. The first-order chi connectivity index (χ1) is 9.24. The topological polar surface area (TPSA) is 47.9 Å². The van der Waals surface area contributed by atoms with Crippen LogP contribution in [0.15, 0.2) is 15.3 Å². The van der Waals surface area contributed by atoms with Crippen molar-refractivity contribution in [2.24, 2.45) is 10.5 Å². The van der Waals surface area contributed by atoms with Crippen LogP contribution in [0.4, 0.5) is 0 Å². The number of rotatable bonds is 4. The van der Waals surface area contributed by atoms with Gasteiger partial charge in [0.05, 0.1) is 0 Å². The summed E-state index contributed by atoms with van der Waals surface area (Å²) in [5, 5.41) is 3.40. The first kappa shape index (κ1) is 17.2. The fourth-order valence-corrected chi connectivity index (χ4v) is 2.68. The maximum Gasteiger partial charge on any atom is 0.280 e. The molecule has 1 saturated heterocycles. The van der Waals surface area contributed by atoms with E-state index in [0.717, 1.165) is 38.4 Å². The van der Waals surface area contributed by atoms with E-state index in [2.05, 4.69) is 63.7 Å². The van der Waals surface area contributed by atoms with Crippen LogP contribution in [0.1, 0.15) is 27.7 Å². The maximum atomic E-state index is 11.7. The molecule has 6 heteroatoms. The van der Waals surface area contributed by atoms with E-state index >= 15 is 0 Å². The van der Waals surface area contributed by atoms with Gasteiger partial charge in [-0.1, -0.05) is 20.8 Å². The van der Waals surface area contributed by atoms with E-state index in [9.17, 15) is 4.79 Å². The molecule has 0 saturated carbocycles.